The van der Waals surface area contributed by atoms with Gasteiger partial charge in [0.15, 0.2) is 0 Å². The molecule has 2 N–H and O–H groups in total. The van der Waals surface area contributed by atoms with Gasteiger partial charge in [0.2, 0.25) is 0 Å². The first kappa shape index (κ1) is 17.6. The summed E-state index contributed by atoms with van der Waals surface area (Å²) in [6.07, 6.45) is 0. The van der Waals surface area contributed by atoms with Crippen LogP contribution < -0.4 is 16.6 Å². The Balaban J connectivity index is 2.01. The minimum atomic E-state index is -0.633. The van der Waals surface area contributed by atoms with Gasteiger partial charge in [-0.2, -0.15) is 0 Å². The molecule has 2 aromatic rings. The number of rotatable bonds is 3. The summed E-state index contributed by atoms with van der Waals surface area (Å²) in [4.78, 5) is 40.0. The van der Waals surface area contributed by atoms with Crippen molar-refractivity contribution in [2.45, 2.75) is 26.3 Å². The number of hydrogen-bond donors (Lipinski definition) is 2. The first-order valence-corrected chi connectivity index (χ1v) is 9.04. The highest BCUT2D eigenvalue weighted by Gasteiger charge is 2.41. The minimum absolute atomic E-state index is 0.0837. The summed E-state index contributed by atoms with van der Waals surface area (Å²) in [6.45, 7) is 4.47. The number of nitrogens with one attached hydrogen (secondary N) is 2. The normalized spacial score (nSPS) is 18.2. The van der Waals surface area contributed by atoms with Crippen LogP contribution in [0, 0.1) is 5.92 Å². The van der Waals surface area contributed by atoms with Gasteiger partial charge in [0.05, 0.1) is 22.8 Å². The van der Waals surface area contributed by atoms with Crippen molar-refractivity contribution in [2.24, 2.45) is 5.92 Å². The predicted molar refractivity (Wildman–Crippen MR) is 101 cm³/mol. The van der Waals surface area contributed by atoms with Crippen LogP contribution in [0.4, 0.5) is 5.82 Å². The predicted octanol–water partition coefficient (Wildman–Crippen LogP) is 2.21. The van der Waals surface area contributed by atoms with E-state index in [-0.39, 0.29) is 12.5 Å². The van der Waals surface area contributed by atoms with Crippen LogP contribution in [-0.2, 0) is 16.1 Å². The lowest BCUT2D eigenvalue weighted by Gasteiger charge is -2.28. The van der Waals surface area contributed by atoms with E-state index in [4.69, 9.17) is 16.3 Å². The third-order valence-corrected chi connectivity index (χ3v) is 4.98. The average Bonchev–Trinajstić information content (AvgIpc) is 2.98. The van der Waals surface area contributed by atoms with Crippen molar-refractivity contribution in [3.63, 3.8) is 0 Å². The van der Waals surface area contributed by atoms with E-state index in [1.165, 1.54) is 4.57 Å². The number of halogens is 1. The molecule has 1 unspecified atom stereocenters. The van der Waals surface area contributed by atoms with Crippen LogP contribution in [0.25, 0.3) is 0 Å². The SMILES string of the molecule is CC(C)Cn1c2c(c(=O)[nH]c1=O)C(c1ccc(Cl)cc1)C1=C(COC1=O)N2. The number of nitrogens with zero attached hydrogens (tertiary/aromatic N) is 1. The lowest BCUT2D eigenvalue weighted by molar-refractivity contribution is -0.136. The van der Waals surface area contributed by atoms with Gasteiger partial charge in [-0.25, -0.2) is 9.59 Å². The van der Waals surface area contributed by atoms with E-state index in [1.54, 1.807) is 24.3 Å². The number of hydrogen-bond acceptors (Lipinski definition) is 5. The first-order valence-electron chi connectivity index (χ1n) is 8.66. The van der Waals surface area contributed by atoms with Gasteiger partial charge in [-0.15, -0.1) is 0 Å². The van der Waals surface area contributed by atoms with Gasteiger partial charge in [-0.1, -0.05) is 37.6 Å². The molecular formula is C19H18ClN3O4. The number of carbonyl (C=O) groups excluding carboxylic acids is 1. The summed E-state index contributed by atoms with van der Waals surface area (Å²) in [7, 11) is 0. The van der Waals surface area contributed by atoms with Crippen LogP contribution in [0.2, 0.25) is 5.02 Å². The van der Waals surface area contributed by atoms with Gasteiger partial charge in [-0.3, -0.25) is 14.3 Å². The van der Waals surface area contributed by atoms with E-state index >= 15 is 0 Å². The van der Waals surface area contributed by atoms with E-state index in [9.17, 15) is 14.4 Å². The molecule has 0 amide bonds. The maximum atomic E-state index is 12.8. The Morgan fingerprint density at radius 2 is 1.93 bits per heavy atom. The highest BCUT2D eigenvalue weighted by Crippen LogP contribution is 2.42. The minimum Gasteiger partial charge on any atom is -0.456 e. The van der Waals surface area contributed by atoms with Crippen molar-refractivity contribution >= 4 is 23.4 Å². The van der Waals surface area contributed by atoms with Gasteiger partial charge in [0.1, 0.15) is 12.4 Å². The van der Waals surface area contributed by atoms with Crippen LogP contribution >= 0.6 is 11.6 Å². The number of aromatic amines is 1. The van der Waals surface area contributed by atoms with Crippen molar-refractivity contribution in [1.82, 2.24) is 9.55 Å². The molecule has 2 aliphatic heterocycles. The van der Waals surface area contributed by atoms with Crippen LogP contribution in [0.15, 0.2) is 45.1 Å². The average molecular weight is 388 g/mol. The van der Waals surface area contributed by atoms with Crippen molar-refractivity contribution in [3.8, 4) is 0 Å². The second kappa shape index (κ2) is 6.42. The van der Waals surface area contributed by atoms with E-state index in [0.717, 1.165) is 5.56 Å². The molecule has 1 atom stereocenters. The number of H-pyrrole nitrogens is 1. The third kappa shape index (κ3) is 2.88. The lowest BCUT2D eigenvalue weighted by Crippen LogP contribution is -2.39. The lowest BCUT2D eigenvalue weighted by atomic mass is 9.83. The summed E-state index contributed by atoms with van der Waals surface area (Å²) >= 11 is 6.00. The van der Waals surface area contributed by atoms with E-state index in [2.05, 4.69) is 10.3 Å². The molecule has 3 heterocycles. The number of aromatic nitrogens is 2. The van der Waals surface area contributed by atoms with E-state index in [0.29, 0.717) is 34.2 Å². The maximum Gasteiger partial charge on any atom is 0.337 e. The van der Waals surface area contributed by atoms with Crippen molar-refractivity contribution in [1.29, 1.82) is 0 Å². The third-order valence-electron chi connectivity index (χ3n) is 4.73. The number of esters is 1. The van der Waals surface area contributed by atoms with Crippen molar-refractivity contribution in [3.05, 3.63) is 72.5 Å². The molecule has 0 saturated heterocycles. The van der Waals surface area contributed by atoms with Gasteiger partial charge in [0, 0.05) is 11.6 Å². The standard InChI is InChI=1S/C19H18ClN3O4/c1-9(2)7-23-16-15(17(24)22-19(23)26)13(10-3-5-11(20)6-4-10)14-12(21-16)8-27-18(14)25/h3-6,9,13,21H,7-8H2,1-2H3,(H,22,24,26). The first-order chi connectivity index (χ1) is 12.9. The molecule has 0 bridgehead atoms. The molecule has 0 aliphatic carbocycles. The zero-order valence-electron chi connectivity index (χ0n) is 14.8. The molecule has 1 aromatic heterocycles. The highest BCUT2D eigenvalue weighted by atomic mass is 35.5. The Morgan fingerprint density at radius 3 is 2.59 bits per heavy atom. The van der Waals surface area contributed by atoms with E-state index < -0.39 is 23.1 Å². The van der Waals surface area contributed by atoms with Gasteiger partial charge in [0.25, 0.3) is 5.56 Å². The summed E-state index contributed by atoms with van der Waals surface area (Å²) in [6, 6.07) is 6.96. The number of anilines is 1. The Morgan fingerprint density at radius 1 is 1.22 bits per heavy atom. The Hall–Kier alpha value is -2.80. The molecule has 0 radical (unpaired) electrons. The number of benzene rings is 1. The Bertz CT molecular complexity index is 1080. The van der Waals surface area contributed by atoms with Crippen LogP contribution in [0.5, 0.6) is 0 Å². The molecule has 140 valence electrons. The molecule has 0 spiro atoms. The number of cyclic esters (lactones) is 1. The fraction of sp³-hybridized carbons (Fsp3) is 0.316. The van der Waals surface area contributed by atoms with Crippen molar-refractivity contribution < 1.29 is 9.53 Å². The van der Waals surface area contributed by atoms with Crippen LogP contribution in [0.1, 0.15) is 30.9 Å². The summed E-state index contributed by atoms with van der Waals surface area (Å²) in [5.74, 6) is -0.504. The summed E-state index contributed by atoms with van der Waals surface area (Å²) in [5.41, 5.74) is 1.03. The zero-order chi connectivity index (χ0) is 19.3. The summed E-state index contributed by atoms with van der Waals surface area (Å²) in [5, 5.41) is 3.66. The van der Waals surface area contributed by atoms with Gasteiger partial charge < -0.3 is 10.1 Å². The zero-order valence-corrected chi connectivity index (χ0v) is 15.6. The van der Waals surface area contributed by atoms with Crippen LogP contribution in [-0.4, -0.2) is 22.1 Å². The van der Waals surface area contributed by atoms with Crippen molar-refractivity contribution in [2.75, 3.05) is 11.9 Å². The monoisotopic (exact) mass is 387 g/mol. The van der Waals surface area contributed by atoms with Gasteiger partial charge >= 0.3 is 11.7 Å². The molecule has 27 heavy (non-hydrogen) atoms. The fourth-order valence-electron chi connectivity index (χ4n) is 3.62. The Labute approximate surface area is 159 Å². The molecule has 2 aliphatic rings. The quantitative estimate of drug-likeness (QED) is 0.788. The van der Waals surface area contributed by atoms with Gasteiger partial charge in [-0.05, 0) is 23.6 Å². The summed E-state index contributed by atoms with van der Waals surface area (Å²) < 4.78 is 6.71. The molecule has 1 aromatic carbocycles. The number of fused-ring (bicyclic) bond motifs is 1. The largest absolute Gasteiger partial charge is 0.456 e. The smallest absolute Gasteiger partial charge is 0.337 e. The molecule has 4 rings (SSSR count). The molecular weight excluding hydrogens is 370 g/mol. The Kier molecular flexibility index (Phi) is 4.19. The highest BCUT2D eigenvalue weighted by molar-refractivity contribution is 6.30. The van der Waals surface area contributed by atoms with E-state index in [1.807, 2.05) is 13.8 Å². The second-order valence-electron chi connectivity index (χ2n) is 7.10. The second-order valence-corrected chi connectivity index (χ2v) is 7.54. The van der Waals surface area contributed by atoms with Crippen LogP contribution in [0.3, 0.4) is 0 Å². The topological polar surface area (TPSA) is 93.2 Å². The molecule has 8 heteroatoms. The molecule has 0 saturated carbocycles. The fourth-order valence-corrected chi connectivity index (χ4v) is 3.74. The number of carbonyl (C=O) groups is 1. The molecule has 7 nitrogen and oxygen atoms in total. The molecule has 0 fully saturated rings. The number of ether oxygens (including phenoxy) is 1. The maximum absolute atomic E-state index is 12.8.